The Morgan fingerprint density at radius 1 is 0.246 bits per heavy atom. The minimum Gasteiger partial charge on any atom is -0.0683 e. The van der Waals surface area contributed by atoms with Gasteiger partial charge < -0.3 is 0 Å². The monoisotopic (exact) mass is 740 g/mol. The third-order valence-corrected chi connectivity index (χ3v) is 10.7. The van der Waals surface area contributed by atoms with E-state index in [4.69, 9.17) is 0 Å². The van der Waals surface area contributed by atoms with Crippen LogP contribution in [-0.2, 0) is 10.8 Å². The second kappa shape index (κ2) is 19.1. The molecule has 0 heterocycles. The molecule has 2 aliphatic carbocycles. The van der Waals surface area contributed by atoms with E-state index in [-0.39, 0.29) is 10.8 Å². The van der Waals surface area contributed by atoms with Crippen molar-refractivity contribution in [2.75, 3.05) is 0 Å². The van der Waals surface area contributed by atoms with Crippen molar-refractivity contribution in [1.82, 2.24) is 0 Å². The Morgan fingerprint density at radius 2 is 0.404 bits per heavy atom. The molecule has 0 radical (unpaired) electrons. The predicted octanol–water partition coefficient (Wildman–Crippen LogP) is 15.6. The smallest absolute Gasteiger partial charge is 0.0683 e. The van der Waals surface area contributed by atoms with Crippen LogP contribution in [0.1, 0.15) is 92.5 Å². The van der Waals surface area contributed by atoms with Crippen LogP contribution in [-0.4, -0.2) is 0 Å². The first kappa shape index (κ1) is 40.4. The summed E-state index contributed by atoms with van der Waals surface area (Å²) >= 11 is 0. The number of hydrogen-bond acceptors (Lipinski definition) is 0. The van der Waals surface area contributed by atoms with Gasteiger partial charge >= 0.3 is 0 Å². The van der Waals surface area contributed by atoms with E-state index < -0.39 is 0 Å². The Balaban J connectivity index is 0.000000167. The molecular weight excluding hydrogens is 685 g/mol. The summed E-state index contributed by atoms with van der Waals surface area (Å²) in [5.74, 6) is 0. The number of rotatable bonds is 4. The van der Waals surface area contributed by atoms with Gasteiger partial charge in [-0.2, -0.15) is 0 Å². The van der Waals surface area contributed by atoms with Crippen molar-refractivity contribution in [3.8, 4) is 22.3 Å². The molecule has 0 saturated carbocycles. The Bertz CT molecular complexity index is 2080. The summed E-state index contributed by atoms with van der Waals surface area (Å²) < 4.78 is 0. The van der Waals surface area contributed by atoms with E-state index in [9.17, 15) is 0 Å². The van der Waals surface area contributed by atoms with Crippen LogP contribution in [0.15, 0.2) is 218 Å². The fourth-order valence-corrected chi connectivity index (χ4v) is 8.80. The molecule has 0 nitrogen and oxygen atoms in total. The molecule has 0 amide bonds. The molecule has 0 saturated heterocycles. The zero-order valence-corrected chi connectivity index (χ0v) is 34.5. The largest absolute Gasteiger partial charge is 0.0713 e. The molecule has 0 atom stereocenters. The Hall–Kier alpha value is -6.24. The molecule has 0 fully saturated rings. The van der Waals surface area contributed by atoms with Crippen LogP contribution in [0.25, 0.3) is 22.3 Å². The SMILES string of the molecule is CC.CC.CCC.c1ccc(C2(c3ccccc3)c3ccccc3-c3ccccc32)cc1.c1ccc(C2(c3ccccc3)c3ccccc3-c3ccccc32)cc1. The highest BCUT2D eigenvalue weighted by Gasteiger charge is 2.46. The first-order valence-electron chi connectivity index (χ1n) is 20.9. The van der Waals surface area contributed by atoms with Crippen molar-refractivity contribution in [3.63, 3.8) is 0 Å². The van der Waals surface area contributed by atoms with Crippen LogP contribution < -0.4 is 0 Å². The Labute approximate surface area is 342 Å². The highest BCUT2D eigenvalue weighted by molar-refractivity contribution is 5.87. The molecule has 0 N–H and O–H groups in total. The van der Waals surface area contributed by atoms with Crippen LogP contribution in [0, 0.1) is 0 Å². The second-order valence-electron chi connectivity index (χ2n) is 13.9. The van der Waals surface area contributed by atoms with Crippen LogP contribution >= 0.6 is 0 Å². The highest BCUT2D eigenvalue weighted by Crippen LogP contribution is 2.57. The van der Waals surface area contributed by atoms with Crippen LogP contribution in [0.3, 0.4) is 0 Å². The molecule has 8 aromatic rings. The van der Waals surface area contributed by atoms with Crippen LogP contribution in [0.5, 0.6) is 0 Å². The Morgan fingerprint density at radius 3 is 0.596 bits per heavy atom. The van der Waals surface area contributed by atoms with E-state index >= 15 is 0 Å². The average Bonchev–Trinajstić information content (AvgIpc) is 3.78. The van der Waals surface area contributed by atoms with Crippen molar-refractivity contribution in [1.29, 1.82) is 0 Å². The fourth-order valence-electron chi connectivity index (χ4n) is 8.80. The standard InChI is InChI=1S/2C25H18.C3H8.2C2H6/c2*1-3-11-19(12-4-1)25(20-13-5-2-6-14-20)23-17-9-7-15-21(23)22-16-8-10-18-24(22)25;1-3-2;2*1-2/h2*1-18H;3H2,1-2H3;2*1-2H3. The molecule has 2 aliphatic rings. The topological polar surface area (TPSA) is 0 Å². The summed E-state index contributed by atoms with van der Waals surface area (Å²) in [5, 5.41) is 0. The number of fused-ring (bicyclic) bond motifs is 6. The predicted molar refractivity (Wildman–Crippen MR) is 246 cm³/mol. The molecule has 0 spiro atoms. The normalized spacial score (nSPS) is 12.7. The zero-order chi connectivity index (χ0) is 40.1. The number of hydrogen-bond donors (Lipinski definition) is 0. The average molecular weight is 741 g/mol. The van der Waals surface area contributed by atoms with E-state index in [0.29, 0.717) is 0 Å². The second-order valence-corrected chi connectivity index (χ2v) is 13.9. The first-order valence-corrected chi connectivity index (χ1v) is 20.9. The maximum Gasteiger partial charge on any atom is 0.0713 e. The summed E-state index contributed by atoms with van der Waals surface area (Å²) in [6.07, 6.45) is 1.25. The molecule has 8 aromatic carbocycles. The molecule has 284 valence electrons. The highest BCUT2D eigenvalue weighted by atomic mass is 14.5. The molecule has 0 unspecified atom stereocenters. The Kier molecular flexibility index (Phi) is 13.5. The fraction of sp³-hybridized carbons (Fsp3) is 0.158. The van der Waals surface area contributed by atoms with Gasteiger partial charge in [0.05, 0.1) is 10.8 Å². The van der Waals surface area contributed by atoms with E-state index in [1.807, 2.05) is 27.7 Å². The third kappa shape index (κ3) is 7.18. The van der Waals surface area contributed by atoms with Gasteiger partial charge in [-0.15, -0.1) is 0 Å². The summed E-state index contributed by atoms with van der Waals surface area (Å²) in [6.45, 7) is 12.2. The van der Waals surface area contributed by atoms with Gasteiger partial charge in [-0.1, -0.05) is 266 Å². The van der Waals surface area contributed by atoms with Gasteiger partial charge in [0.15, 0.2) is 0 Å². The molecule has 0 aromatic heterocycles. The van der Waals surface area contributed by atoms with Gasteiger partial charge in [-0.05, 0) is 66.8 Å². The van der Waals surface area contributed by atoms with Crippen molar-refractivity contribution in [2.24, 2.45) is 0 Å². The lowest BCUT2D eigenvalue weighted by atomic mass is 9.68. The van der Waals surface area contributed by atoms with Crippen LogP contribution in [0.2, 0.25) is 0 Å². The van der Waals surface area contributed by atoms with Crippen molar-refractivity contribution >= 4 is 0 Å². The van der Waals surface area contributed by atoms with Crippen molar-refractivity contribution in [2.45, 2.75) is 58.8 Å². The van der Waals surface area contributed by atoms with Gasteiger partial charge in [0.1, 0.15) is 0 Å². The summed E-state index contributed by atoms with van der Waals surface area (Å²) in [4.78, 5) is 0. The quantitative estimate of drug-likeness (QED) is 0.169. The maximum absolute atomic E-state index is 2.29. The van der Waals surface area contributed by atoms with Gasteiger partial charge in [-0.25, -0.2) is 0 Å². The summed E-state index contributed by atoms with van der Waals surface area (Å²) in [6, 6.07) is 78.9. The van der Waals surface area contributed by atoms with Crippen molar-refractivity contribution < 1.29 is 0 Å². The first-order chi connectivity index (χ1) is 28.3. The number of benzene rings is 8. The minimum absolute atomic E-state index is 0.254. The molecule has 0 bridgehead atoms. The van der Waals surface area contributed by atoms with E-state index in [1.54, 1.807) is 0 Å². The maximum atomic E-state index is 2.29. The van der Waals surface area contributed by atoms with Crippen LogP contribution in [0.4, 0.5) is 0 Å². The third-order valence-electron chi connectivity index (χ3n) is 10.7. The lowest BCUT2D eigenvalue weighted by Crippen LogP contribution is -2.28. The minimum atomic E-state index is -0.254. The van der Waals surface area contributed by atoms with Gasteiger partial charge in [-0.3, -0.25) is 0 Å². The van der Waals surface area contributed by atoms with E-state index in [2.05, 4.69) is 232 Å². The van der Waals surface area contributed by atoms with E-state index in [1.165, 1.54) is 73.2 Å². The molecule has 10 rings (SSSR count). The van der Waals surface area contributed by atoms with Gasteiger partial charge in [0, 0.05) is 0 Å². The molecule has 0 heteroatoms. The summed E-state index contributed by atoms with van der Waals surface area (Å²) in [5.41, 5.74) is 15.6. The van der Waals surface area contributed by atoms with Crippen molar-refractivity contribution in [3.05, 3.63) is 263 Å². The molecular formula is C57H56. The lowest BCUT2D eigenvalue weighted by molar-refractivity contribution is 0.768. The van der Waals surface area contributed by atoms with E-state index in [0.717, 1.165) is 0 Å². The summed E-state index contributed by atoms with van der Waals surface area (Å²) in [7, 11) is 0. The molecule has 0 aliphatic heterocycles. The van der Waals surface area contributed by atoms with Gasteiger partial charge in [0.2, 0.25) is 0 Å². The lowest BCUT2D eigenvalue weighted by Gasteiger charge is -2.33. The van der Waals surface area contributed by atoms with Gasteiger partial charge in [0.25, 0.3) is 0 Å². The zero-order valence-electron chi connectivity index (χ0n) is 34.5. The molecule has 57 heavy (non-hydrogen) atoms.